The van der Waals surface area contributed by atoms with E-state index in [-0.39, 0.29) is 11.8 Å². The number of nitrogens with zero attached hydrogens (tertiary/aromatic N) is 1. The number of thiophene rings is 1. The topological polar surface area (TPSA) is 49.4 Å². The summed E-state index contributed by atoms with van der Waals surface area (Å²) < 4.78 is 0. The average Bonchev–Trinajstić information content (AvgIpc) is 3.03. The average molecular weight is 300 g/mol. The zero-order valence-electron chi connectivity index (χ0n) is 11.7. The number of carbonyl (C=O) groups is 2. The number of nitrogens with one attached hydrogen (secondary N) is 1. The largest absolute Gasteiger partial charge is 0.342 e. The molecule has 1 saturated heterocycles. The van der Waals surface area contributed by atoms with Gasteiger partial charge in [0.25, 0.3) is 5.91 Å². The van der Waals surface area contributed by atoms with Gasteiger partial charge in [-0.05, 0) is 23.4 Å². The van der Waals surface area contributed by atoms with Crippen LogP contribution in [0, 0.1) is 0 Å². The van der Waals surface area contributed by atoms with Crippen LogP contribution in [0.25, 0.3) is 0 Å². The third kappa shape index (κ3) is 2.45. The van der Waals surface area contributed by atoms with Crippen molar-refractivity contribution >= 4 is 28.8 Å². The van der Waals surface area contributed by atoms with Crippen molar-refractivity contribution in [2.45, 2.75) is 25.4 Å². The van der Waals surface area contributed by atoms with Crippen molar-refractivity contribution in [1.82, 2.24) is 5.32 Å². The summed E-state index contributed by atoms with van der Waals surface area (Å²) in [5, 5.41) is 6.65. The van der Waals surface area contributed by atoms with Crippen LogP contribution >= 0.6 is 11.3 Å². The molecule has 3 rings (SSSR count). The van der Waals surface area contributed by atoms with Gasteiger partial charge in [0.15, 0.2) is 0 Å². The van der Waals surface area contributed by atoms with Gasteiger partial charge in [-0.25, -0.2) is 0 Å². The molecule has 0 spiro atoms. The molecule has 4 nitrogen and oxygen atoms in total. The van der Waals surface area contributed by atoms with Crippen molar-refractivity contribution in [1.29, 1.82) is 0 Å². The van der Waals surface area contributed by atoms with E-state index in [9.17, 15) is 9.59 Å². The van der Waals surface area contributed by atoms with Gasteiger partial charge in [0.2, 0.25) is 5.91 Å². The fourth-order valence-corrected chi connectivity index (χ4v) is 3.24. The molecule has 0 bridgehead atoms. The summed E-state index contributed by atoms with van der Waals surface area (Å²) in [4.78, 5) is 26.8. The Morgan fingerprint density at radius 3 is 2.57 bits per heavy atom. The fraction of sp³-hybridized carbons (Fsp3) is 0.250. The second kappa shape index (κ2) is 5.69. The first-order valence-electron chi connectivity index (χ1n) is 6.93. The highest BCUT2D eigenvalue weighted by molar-refractivity contribution is 7.08. The Hall–Kier alpha value is -2.14. The minimum Gasteiger partial charge on any atom is -0.342 e. The second-order valence-electron chi connectivity index (χ2n) is 4.97. The summed E-state index contributed by atoms with van der Waals surface area (Å²) in [6.45, 7) is 1.90. The zero-order valence-corrected chi connectivity index (χ0v) is 12.5. The number of carbonyl (C=O) groups excluding carboxylic acids is 2. The van der Waals surface area contributed by atoms with E-state index < -0.39 is 12.1 Å². The lowest BCUT2D eigenvalue weighted by Gasteiger charge is -2.38. The van der Waals surface area contributed by atoms with Gasteiger partial charge in [0, 0.05) is 5.38 Å². The second-order valence-corrected chi connectivity index (χ2v) is 5.75. The fourth-order valence-electron chi connectivity index (χ4n) is 2.61. The standard InChI is InChI=1S/C16H16N2O2S/c1-2-13-16(20)18(12-8-9-21-10-12)14(15(19)17-13)11-6-4-3-5-7-11/h3-10,13-14H,2H2,1H3,(H,17,19). The monoisotopic (exact) mass is 300 g/mol. The van der Waals surface area contributed by atoms with Crippen molar-refractivity contribution in [2.75, 3.05) is 4.90 Å². The number of amides is 2. The molecular formula is C16H16N2O2S. The SMILES string of the molecule is CCC1NC(=O)C(c2ccccc2)N(c2ccsc2)C1=O. The number of hydrogen-bond acceptors (Lipinski definition) is 3. The number of benzene rings is 1. The molecule has 0 saturated carbocycles. The van der Waals surface area contributed by atoms with Crippen LogP contribution in [-0.4, -0.2) is 17.9 Å². The molecule has 1 N–H and O–H groups in total. The maximum absolute atomic E-state index is 12.7. The smallest absolute Gasteiger partial charge is 0.250 e. The van der Waals surface area contributed by atoms with Crippen LogP contribution in [0.5, 0.6) is 0 Å². The molecule has 2 atom stereocenters. The van der Waals surface area contributed by atoms with Crippen LogP contribution < -0.4 is 10.2 Å². The van der Waals surface area contributed by atoms with E-state index in [1.807, 2.05) is 54.1 Å². The summed E-state index contributed by atoms with van der Waals surface area (Å²) in [5.74, 6) is -0.178. The van der Waals surface area contributed by atoms with Crippen molar-refractivity contribution in [3.63, 3.8) is 0 Å². The van der Waals surface area contributed by atoms with E-state index in [0.717, 1.165) is 11.3 Å². The van der Waals surface area contributed by atoms with Crippen molar-refractivity contribution in [3.8, 4) is 0 Å². The molecule has 0 aliphatic carbocycles. The Balaban J connectivity index is 2.07. The van der Waals surface area contributed by atoms with Crippen LogP contribution in [0.3, 0.4) is 0 Å². The van der Waals surface area contributed by atoms with E-state index in [1.54, 1.807) is 4.90 Å². The van der Waals surface area contributed by atoms with Crippen LogP contribution in [0.15, 0.2) is 47.2 Å². The number of anilines is 1. The molecule has 2 unspecified atom stereocenters. The summed E-state index contributed by atoms with van der Waals surface area (Å²) in [5.41, 5.74) is 1.61. The van der Waals surface area contributed by atoms with Gasteiger partial charge in [0.1, 0.15) is 12.1 Å². The molecule has 5 heteroatoms. The molecule has 2 heterocycles. The Morgan fingerprint density at radius 1 is 1.19 bits per heavy atom. The van der Waals surface area contributed by atoms with Gasteiger partial charge in [-0.15, -0.1) is 0 Å². The summed E-state index contributed by atoms with van der Waals surface area (Å²) >= 11 is 1.52. The van der Waals surface area contributed by atoms with Crippen LogP contribution in [0.1, 0.15) is 24.9 Å². The quantitative estimate of drug-likeness (QED) is 0.947. The number of hydrogen-bond donors (Lipinski definition) is 1. The molecule has 1 aliphatic heterocycles. The first kappa shape index (κ1) is 13.8. The first-order chi connectivity index (χ1) is 10.2. The molecule has 0 radical (unpaired) electrons. The van der Waals surface area contributed by atoms with Crippen LogP contribution in [0.4, 0.5) is 5.69 Å². The Kier molecular flexibility index (Phi) is 3.75. The van der Waals surface area contributed by atoms with E-state index in [4.69, 9.17) is 0 Å². The van der Waals surface area contributed by atoms with Gasteiger partial charge in [-0.1, -0.05) is 37.3 Å². The third-order valence-electron chi connectivity index (χ3n) is 3.67. The Labute approximate surface area is 127 Å². The lowest BCUT2D eigenvalue weighted by atomic mass is 9.98. The van der Waals surface area contributed by atoms with E-state index >= 15 is 0 Å². The summed E-state index contributed by atoms with van der Waals surface area (Å²) in [6.07, 6.45) is 0.590. The lowest BCUT2D eigenvalue weighted by molar-refractivity contribution is -0.134. The van der Waals surface area contributed by atoms with E-state index in [2.05, 4.69) is 5.32 Å². The number of rotatable bonds is 3. The summed E-state index contributed by atoms with van der Waals surface area (Å²) in [6, 6.07) is 10.2. The maximum Gasteiger partial charge on any atom is 0.250 e. The van der Waals surface area contributed by atoms with Gasteiger partial charge < -0.3 is 5.32 Å². The Morgan fingerprint density at radius 2 is 1.95 bits per heavy atom. The molecule has 2 amide bonds. The van der Waals surface area contributed by atoms with Gasteiger partial charge in [-0.3, -0.25) is 14.5 Å². The maximum atomic E-state index is 12.7. The molecule has 1 aromatic carbocycles. The first-order valence-corrected chi connectivity index (χ1v) is 7.87. The van der Waals surface area contributed by atoms with E-state index in [0.29, 0.717) is 6.42 Å². The highest BCUT2D eigenvalue weighted by Gasteiger charge is 2.41. The molecule has 1 aromatic heterocycles. The number of piperazine rings is 1. The van der Waals surface area contributed by atoms with Crippen molar-refractivity contribution < 1.29 is 9.59 Å². The Bertz CT molecular complexity index is 640. The predicted octanol–water partition coefficient (Wildman–Crippen LogP) is 2.73. The van der Waals surface area contributed by atoms with Gasteiger partial charge in [-0.2, -0.15) is 11.3 Å². The molecular weight excluding hydrogens is 284 g/mol. The van der Waals surface area contributed by atoms with Crippen molar-refractivity contribution in [2.24, 2.45) is 0 Å². The van der Waals surface area contributed by atoms with Crippen LogP contribution in [-0.2, 0) is 9.59 Å². The predicted molar refractivity (Wildman–Crippen MR) is 83.2 cm³/mol. The summed E-state index contributed by atoms with van der Waals surface area (Å²) in [7, 11) is 0. The molecule has 108 valence electrons. The van der Waals surface area contributed by atoms with E-state index in [1.165, 1.54) is 11.3 Å². The molecule has 2 aromatic rings. The zero-order chi connectivity index (χ0) is 14.8. The third-order valence-corrected chi connectivity index (χ3v) is 4.34. The minimum absolute atomic E-state index is 0.0515. The minimum atomic E-state index is -0.601. The van der Waals surface area contributed by atoms with Crippen molar-refractivity contribution in [3.05, 3.63) is 52.7 Å². The van der Waals surface area contributed by atoms with Gasteiger partial charge in [0.05, 0.1) is 5.69 Å². The molecule has 21 heavy (non-hydrogen) atoms. The highest BCUT2D eigenvalue weighted by atomic mass is 32.1. The highest BCUT2D eigenvalue weighted by Crippen LogP contribution is 2.32. The van der Waals surface area contributed by atoms with Crippen LogP contribution in [0.2, 0.25) is 0 Å². The van der Waals surface area contributed by atoms with Gasteiger partial charge >= 0.3 is 0 Å². The lowest BCUT2D eigenvalue weighted by Crippen LogP contribution is -2.59. The normalized spacial score (nSPS) is 22.2. The molecule has 1 fully saturated rings. The molecule has 1 aliphatic rings.